The van der Waals surface area contributed by atoms with E-state index in [0.717, 1.165) is 0 Å². The van der Waals surface area contributed by atoms with Crippen molar-refractivity contribution in [3.05, 3.63) is 0 Å². The number of carboxylic acids is 4. The summed E-state index contributed by atoms with van der Waals surface area (Å²) in [7, 11) is 0. The average Bonchev–Trinajstić information content (AvgIpc) is 2.24. The molecule has 106 valence electrons. The zero-order valence-corrected chi connectivity index (χ0v) is 9.22. The third-order valence-corrected chi connectivity index (χ3v) is 2.16. The van der Waals surface area contributed by atoms with Gasteiger partial charge in [-0.3, -0.25) is 19.2 Å². The van der Waals surface area contributed by atoms with Gasteiger partial charge in [-0.15, -0.1) is 0 Å². The van der Waals surface area contributed by atoms with Crippen molar-refractivity contribution in [2.45, 2.75) is 12.5 Å². The van der Waals surface area contributed by atoms with Crippen molar-refractivity contribution in [1.29, 1.82) is 0 Å². The fraction of sp³-hybridized carbons (Fsp3) is 0.444. The number of rotatable bonds is 8. The van der Waals surface area contributed by atoms with Crippen molar-refractivity contribution in [2.24, 2.45) is 11.8 Å². The Morgan fingerprint density at radius 3 is 1.53 bits per heavy atom. The van der Waals surface area contributed by atoms with Crippen LogP contribution in [0, 0.1) is 11.8 Å². The predicted molar refractivity (Wildman–Crippen MR) is 53.2 cm³/mol. The number of ketones is 1. The first-order valence-electron chi connectivity index (χ1n) is 4.71. The zero-order valence-electron chi connectivity index (χ0n) is 9.22. The van der Waals surface area contributed by atoms with Crippen LogP contribution in [0.5, 0.6) is 0 Å². The van der Waals surface area contributed by atoms with Gasteiger partial charge in [0.2, 0.25) is 0 Å². The lowest BCUT2D eigenvalue weighted by atomic mass is 9.87. The van der Waals surface area contributed by atoms with Crippen molar-refractivity contribution in [3.63, 3.8) is 0 Å². The summed E-state index contributed by atoms with van der Waals surface area (Å²) in [5, 5.41) is 43.2. The van der Waals surface area contributed by atoms with Gasteiger partial charge in [0.25, 0.3) is 0 Å². The lowest BCUT2D eigenvalue weighted by Crippen LogP contribution is -2.44. The van der Waals surface area contributed by atoms with Gasteiger partial charge in [-0.1, -0.05) is 0 Å². The molecule has 0 heterocycles. The van der Waals surface area contributed by atoms with E-state index < -0.39 is 54.0 Å². The van der Waals surface area contributed by atoms with E-state index in [1.165, 1.54) is 0 Å². The highest BCUT2D eigenvalue weighted by molar-refractivity contribution is 6.11. The summed E-state index contributed by atoms with van der Waals surface area (Å²) in [4.78, 5) is 53.8. The maximum atomic E-state index is 11.6. The van der Waals surface area contributed by atoms with E-state index in [4.69, 9.17) is 25.5 Å². The smallest absolute Gasteiger partial charge is 0.333 e. The summed E-state index contributed by atoms with van der Waals surface area (Å²) in [5.74, 6) is -14.2. The van der Waals surface area contributed by atoms with Crippen molar-refractivity contribution >= 4 is 29.7 Å². The molecule has 0 amide bonds. The summed E-state index contributed by atoms with van der Waals surface area (Å²) in [5.41, 5.74) is 0. The van der Waals surface area contributed by atoms with Crippen molar-refractivity contribution in [2.75, 3.05) is 0 Å². The number of aliphatic carboxylic acids is 4. The van der Waals surface area contributed by atoms with E-state index in [9.17, 15) is 24.0 Å². The molecule has 0 aromatic rings. The van der Waals surface area contributed by atoms with Gasteiger partial charge < -0.3 is 25.5 Å². The van der Waals surface area contributed by atoms with Crippen molar-refractivity contribution in [1.82, 2.24) is 0 Å². The minimum absolute atomic E-state index is 1.22. The predicted octanol–water partition coefficient (Wildman–Crippen LogP) is -2.12. The van der Waals surface area contributed by atoms with E-state index in [1.807, 2.05) is 0 Å². The lowest BCUT2D eigenvalue weighted by molar-refractivity contribution is -0.166. The van der Waals surface area contributed by atoms with Crippen LogP contribution < -0.4 is 0 Å². The first kappa shape index (κ1) is 16.5. The highest BCUT2D eigenvalue weighted by Crippen LogP contribution is 2.17. The van der Waals surface area contributed by atoms with Crippen LogP contribution in [-0.2, 0) is 24.0 Å². The molecule has 3 unspecified atom stereocenters. The molecule has 0 fully saturated rings. The maximum absolute atomic E-state index is 11.6. The van der Waals surface area contributed by atoms with E-state index in [0.29, 0.717) is 0 Å². The molecular weight excluding hydrogens is 268 g/mol. The van der Waals surface area contributed by atoms with Crippen LogP contribution in [0.2, 0.25) is 0 Å². The molecule has 0 aliphatic heterocycles. The molecule has 0 rings (SSSR count). The molecule has 0 saturated carbocycles. The molecule has 10 heteroatoms. The van der Waals surface area contributed by atoms with Gasteiger partial charge in [0.1, 0.15) is 5.92 Å². The number of carbonyl (C=O) groups excluding carboxylic acids is 1. The van der Waals surface area contributed by atoms with Crippen LogP contribution >= 0.6 is 0 Å². The van der Waals surface area contributed by atoms with Gasteiger partial charge >= 0.3 is 23.9 Å². The monoisotopic (exact) mass is 278 g/mol. The van der Waals surface area contributed by atoms with E-state index in [1.54, 1.807) is 0 Å². The highest BCUT2D eigenvalue weighted by Gasteiger charge is 2.44. The van der Waals surface area contributed by atoms with Gasteiger partial charge in [-0.05, 0) is 0 Å². The first-order valence-corrected chi connectivity index (χ1v) is 4.71. The third kappa shape index (κ3) is 4.35. The van der Waals surface area contributed by atoms with Crippen molar-refractivity contribution in [3.8, 4) is 0 Å². The summed E-state index contributed by atoms with van der Waals surface area (Å²) in [6, 6.07) is 0. The van der Waals surface area contributed by atoms with Crippen LogP contribution in [0.15, 0.2) is 0 Å². The Morgan fingerprint density at radius 2 is 1.26 bits per heavy atom. The second-order valence-electron chi connectivity index (χ2n) is 3.49. The molecule has 5 N–H and O–H groups in total. The van der Waals surface area contributed by atoms with Crippen molar-refractivity contribution < 1.29 is 49.5 Å². The topological polar surface area (TPSA) is 186 Å². The highest BCUT2D eigenvalue weighted by atomic mass is 16.4. The molecule has 0 spiro atoms. The van der Waals surface area contributed by atoms with E-state index in [-0.39, 0.29) is 0 Å². The molecule has 0 bridgehead atoms. The molecule has 10 nitrogen and oxygen atoms in total. The van der Waals surface area contributed by atoms with Crippen LogP contribution in [-0.4, -0.2) is 61.3 Å². The molecule has 0 aliphatic carbocycles. The molecule has 0 aliphatic rings. The molecule has 0 aromatic carbocycles. The van der Waals surface area contributed by atoms with Crippen LogP contribution in [0.25, 0.3) is 0 Å². The third-order valence-electron chi connectivity index (χ3n) is 2.16. The fourth-order valence-corrected chi connectivity index (χ4v) is 1.26. The quantitative estimate of drug-likeness (QED) is 0.307. The molecule has 19 heavy (non-hydrogen) atoms. The second-order valence-corrected chi connectivity index (χ2v) is 3.49. The number of aliphatic hydroxyl groups is 1. The van der Waals surface area contributed by atoms with Gasteiger partial charge in [0, 0.05) is 0 Å². The largest absolute Gasteiger partial charge is 0.481 e. The second kappa shape index (κ2) is 6.44. The average molecular weight is 278 g/mol. The number of carboxylic acid groups (broad SMARTS) is 4. The number of Topliss-reactive ketones (excluding diaryl/α,β-unsaturated/α-hetero) is 1. The summed E-state index contributed by atoms with van der Waals surface area (Å²) in [6.07, 6.45) is -3.88. The number of hydrogen-bond donors (Lipinski definition) is 5. The maximum Gasteiger partial charge on any atom is 0.333 e. The van der Waals surface area contributed by atoms with Gasteiger partial charge in [0.05, 0.1) is 6.42 Å². The van der Waals surface area contributed by atoms with Crippen LogP contribution in [0.3, 0.4) is 0 Å². The minimum atomic E-state index is -2.67. The van der Waals surface area contributed by atoms with Gasteiger partial charge in [-0.25, -0.2) is 4.79 Å². The Labute approximate surface area is 104 Å². The standard InChI is InChI=1S/C9H10O10/c10-3(11)1-2(7(14)15)5(12)4(8(16)17)6(13)9(18)19/h2,4,6,13H,1H2,(H,10,11)(H,14,15)(H,16,17)(H,18,19). The van der Waals surface area contributed by atoms with Gasteiger partial charge in [0.15, 0.2) is 17.8 Å². The van der Waals surface area contributed by atoms with Crippen LogP contribution in [0.4, 0.5) is 0 Å². The normalized spacial score (nSPS) is 15.0. The molecule has 3 atom stereocenters. The number of carbonyl (C=O) groups is 5. The van der Waals surface area contributed by atoms with E-state index in [2.05, 4.69) is 0 Å². The lowest BCUT2D eigenvalue weighted by Gasteiger charge is -2.17. The Bertz CT molecular complexity index is 425. The van der Waals surface area contributed by atoms with E-state index >= 15 is 0 Å². The fourth-order valence-electron chi connectivity index (χ4n) is 1.26. The first-order chi connectivity index (χ1) is 8.59. The Kier molecular flexibility index (Phi) is 5.60. The Morgan fingerprint density at radius 1 is 0.789 bits per heavy atom. The molecular formula is C9H10O10. The summed E-state index contributed by atoms with van der Waals surface area (Å²) >= 11 is 0. The van der Waals surface area contributed by atoms with Gasteiger partial charge in [-0.2, -0.15) is 0 Å². The molecule has 0 saturated heterocycles. The zero-order chi connectivity index (χ0) is 15.3. The minimum Gasteiger partial charge on any atom is -0.481 e. The number of hydrogen-bond acceptors (Lipinski definition) is 6. The number of aliphatic hydroxyl groups excluding tert-OH is 1. The summed E-state index contributed by atoms with van der Waals surface area (Å²) in [6.45, 7) is 0. The SMILES string of the molecule is O=C(O)CC(C(=O)O)C(=O)C(C(=O)O)C(O)C(=O)O. The Hall–Kier alpha value is -2.49. The molecule has 0 aromatic heterocycles. The molecule has 0 radical (unpaired) electrons. The van der Waals surface area contributed by atoms with Crippen LogP contribution in [0.1, 0.15) is 6.42 Å². The Balaban J connectivity index is 5.37. The summed E-state index contributed by atoms with van der Waals surface area (Å²) < 4.78 is 0.